The summed E-state index contributed by atoms with van der Waals surface area (Å²) in [6, 6.07) is 2.61. The second-order valence-electron chi connectivity index (χ2n) is 5.33. The summed E-state index contributed by atoms with van der Waals surface area (Å²) < 4.78 is 51.1. The highest BCUT2D eigenvalue weighted by atomic mass is 32.2. The van der Waals surface area contributed by atoms with Crippen molar-refractivity contribution in [3.8, 4) is 0 Å². The molecular weight excluding hydrogens is 328 g/mol. The minimum atomic E-state index is -3.80. The van der Waals surface area contributed by atoms with Crippen molar-refractivity contribution in [1.29, 1.82) is 0 Å². The fraction of sp³-hybridized carbons (Fsp3) is 0.500. The number of benzene rings is 1. The first kappa shape index (κ1) is 19.3. The van der Waals surface area contributed by atoms with Gasteiger partial charge in [0.05, 0.1) is 11.9 Å². The SMILES string of the molecule is CN(C)CCNC(=O)CCN(c1ccc(F)cc1F)S(C)(=O)=O. The molecule has 9 heteroatoms. The summed E-state index contributed by atoms with van der Waals surface area (Å²) in [5.41, 5.74) is -0.282. The van der Waals surface area contributed by atoms with E-state index in [1.54, 1.807) is 0 Å². The molecule has 0 spiro atoms. The van der Waals surface area contributed by atoms with E-state index in [0.717, 1.165) is 22.7 Å². The number of hydrogen-bond donors (Lipinski definition) is 1. The number of carbonyl (C=O) groups excluding carboxylic acids is 1. The standard InChI is InChI=1S/C14H21F2N3O3S/c1-18(2)9-7-17-14(20)6-8-19(23(3,21)22)13-5-4-11(15)10-12(13)16/h4-5,10H,6-9H2,1-3H3,(H,17,20). The molecule has 1 aromatic carbocycles. The van der Waals surface area contributed by atoms with Gasteiger partial charge in [-0.3, -0.25) is 9.10 Å². The minimum absolute atomic E-state index is 0.128. The third kappa shape index (κ3) is 6.49. The van der Waals surface area contributed by atoms with Gasteiger partial charge in [-0.05, 0) is 26.2 Å². The Labute approximate surface area is 135 Å². The van der Waals surface area contributed by atoms with Crippen molar-refractivity contribution in [2.45, 2.75) is 6.42 Å². The van der Waals surface area contributed by atoms with Crippen LogP contribution in [0.25, 0.3) is 0 Å². The maximum Gasteiger partial charge on any atom is 0.232 e. The Bertz CT molecular complexity index is 651. The summed E-state index contributed by atoms with van der Waals surface area (Å²) in [6.07, 6.45) is 0.775. The monoisotopic (exact) mass is 349 g/mol. The maximum atomic E-state index is 13.8. The van der Waals surface area contributed by atoms with E-state index in [1.807, 2.05) is 19.0 Å². The average molecular weight is 349 g/mol. The lowest BCUT2D eigenvalue weighted by molar-refractivity contribution is -0.120. The van der Waals surface area contributed by atoms with E-state index < -0.39 is 21.7 Å². The topological polar surface area (TPSA) is 69.7 Å². The Morgan fingerprint density at radius 3 is 2.39 bits per heavy atom. The molecular formula is C14H21F2N3O3S. The Balaban J connectivity index is 2.76. The smallest absolute Gasteiger partial charge is 0.232 e. The maximum absolute atomic E-state index is 13.8. The molecule has 0 aliphatic heterocycles. The van der Waals surface area contributed by atoms with E-state index in [0.29, 0.717) is 19.2 Å². The van der Waals surface area contributed by atoms with E-state index in [9.17, 15) is 22.0 Å². The fourth-order valence-corrected chi connectivity index (χ4v) is 2.79. The van der Waals surface area contributed by atoms with Gasteiger partial charge < -0.3 is 10.2 Å². The molecule has 0 fully saturated rings. The number of nitrogens with one attached hydrogen (secondary N) is 1. The molecule has 1 amide bonds. The zero-order chi connectivity index (χ0) is 17.6. The number of nitrogens with zero attached hydrogens (tertiary/aromatic N) is 2. The summed E-state index contributed by atoms with van der Waals surface area (Å²) in [5, 5.41) is 2.64. The Hall–Kier alpha value is -1.74. The quantitative estimate of drug-likeness (QED) is 0.754. The van der Waals surface area contributed by atoms with Gasteiger partial charge in [0.15, 0.2) is 0 Å². The van der Waals surface area contributed by atoms with Gasteiger partial charge in [0, 0.05) is 32.1 Å². The molecule has 0 saturated heterocycles. The second kappa shape index (κ2) is 8.21. The molecule has 0 bridgehead atoms. The van der Waals surface area contributed by atoms with Crippen molar-refractivity contribution in [2.24, 2.45) is 0 Å². The molecule has 0 aromatic heterocycles. The van der Waals surface area contributed by atoms with Gasteiger partial charge in [0.1, 0.15) is 11.6 Å². The highest BCUT2D eigenvalue weighted by molar-refractivity contribution is 7.92. The zero-order valence-corrected chi connectivity index (χ0v) is 14.2. The van der Waals surface area contributed by atoms with Crippen LogP contribution in [0.2, 0.25) is 0 Å². The molecule has 0 aliphatic rings. The van der Waals surface area contributed by atoms with Gasteiger partial charge in [0.25, 0.3) is 0 Å². The molecule has 0 unspecified atom stereocenters. The number of halogens is 2. The van der Waals surface area contributed by atoms with Crippen LogP contribution in [0.15, 0.2) is 18.2 Å². The number of likely N-dealkylation sites (N-methyl/N-ethyl adjacent to an activating group) is 1. The van der Waals surface area contributed by atoms with Crippen LogP contribution in [-0.4, -0.2) is 59.2 Å². The van der Waals surface area contributed by atoms with E-state index in [2.05, 4.69) is 5.32 Å². The summed E-state index contributed by atoms with van der Waals surface area (Å²) in [7, 11) is -0.0882. The predicted octanol–water partition coefficient (Wildman–Crippen LogP) is 0.799. The van der Waals surface area contributed by atoms with Crippen LogP contribution in [0.5, 0.6) is 0 Å². The molecule has 23 heavy (non-hydrogen) atoms. The van der Waals surface area contributed by atoms with Crippen molar-refractivity contribution in [1.82, 2.24) is 10.2 Å². The van der Waals surface area contributed by atoms with Gasteiger partial charge in [-0.25, -0.2) is 17.2 Å². The number of carbonyl (C=O) groups is 1. The third-order valence-electron chi connectivity index (χ3n) is 3.00. The first-order valence-electron chi connectivity index (χ1n) is 6.95. The normalized spacial score (nSPS) is 11.6. The number of anilines is 1. The van der Waals surface area contributed by atoms with Gasteiger partial charge in [-0.2, -0.15) is 0 Å². The molecule has 6 nitrogen and oxygen atoms in total. The Kier molecular flexibility index (Phi) is 6.89. The number of amides is 1. The van der Waals surface area contributed by atoms with Crippen LogP contribution in [0.3, 0.4) is 0 Å². The number of hydrogen-bond acceptors (Lipinski definition) is 4. The lowest BCUT2D eigenvalue weighted by atomic mass is 10.3. The van der Waals surface area contributed by atoms with Crippen molar-refractivity contribution in [2.75, 3.05) is 44.3 Å². The molecule has 0 heterocycles. The summed E-state index contributed by atoms with van der Waals surface area (Å²) >= 11 is 0. The molecule has 0 aliphatic carbocycles. The highest BCUT2D eigenvalue weighted by Crippen LogP contribution is 2.22. The van der Waals surface area contributed by atoms with Crippen molar-refractivity contribution in [3.05, 3.63) is 29.8 Å². The lowest BCUT2D eigenvalue weighted by Gasteiger charge is -2.22. The van der Waals surface area contributed by atoms with Crippen molar-refractivity contribution >= 4 is 21.6 Å². The first-order valence-corrected chi connectivity index (χ1v) is 8.80. The van der Waals surface area contributed by atoms with Crippen LogP contribution in [-0.2, 0) is 14.8 Å². The van der Waals surface area contributed by atoms with E-state index >= 15 is 0 Å². The minimum Gasteiger partial charge on any atom is -0.355 e. The Morgan fingerprint density at radius 1 is 1.22 bits per heavy atom. The largest absolute Gasteiger partial charge is 0.355 e. The molecule has 1 rings (SSSR count). The molecule has 1 N–H and O–H groups in total. The summed E-state index contributed by atoms with van der Waals surface area (Å²) in [6.45, 7) is 0.846. The number of rotatable bonds is 8. The van der Waals surface area contributed by atoms with Gasteiger partial charge >= 0.3 is 0 Å². The lowest BCUT2D eigenvalue weighted by Crippen LogP contribution is -2.36. The summed E-state index contributed by atoms with van der Waals surface area (Å²) in [4.78, 5) is 13.6. The van der Waals surface area contributed by atoms with Gasteiger partial charge in [-0.15, -0.1) is 0 Å². The van der Waals surface area contributed by atoms with Crippen LogP contribution in [0.1, 0.15) is 6.42 Å². The summed E-state index contributed by atoms with van der Waals surface area (Å²) in [5.74, 6) is -2.15. The van der Waals surface area contributed by atoms with E-state index in [4.69, 9.17) is 0 Å². The van der Waals surface area contributed by atoms with E-state index in [-0.39, 0.29) is 24.6 Å². The van der Waals surface area contributed by atoms with Crippen LogP contribution >= 0.6 is 0 Å². The molecule has 130 valence electrons. The Morgan fingerprint density at radius 2 is 1.87 bits per heavy atom. The van der Waals surface area contributed by atoms with Gasteiger partial charge in [-0.1, -0.05) is 0 Å². The van der Waals surface area contributed by atoms with Crippen molar-refractivity contribution in [3.63, 3.8) is 0 Å². The van der Waals surface area contributed by atoms with Crippen LogP contribution in [0, 0.1) is 11.6 Å². The predicted molar refractivity (Wildman–Crippen MR) is 84.7 cm³/mol. The molecule has 0 atom stereocenters. The third-order valence-corrected chi connectivity index (χ3v) is 4.18. The molecule has 1 aromatic rings. The van der Waals surface area contributed by atoms with Gasteiger partial charge in [0.2, 0.25) is 15.9 Å². The highest BCUT2D eigenvalue weighted by Gasteiger charge is 2.22. The molecule has 0 radical (unpaired) electrons. The second-order valence-corrected chi connectivity index (χ2v) is 7.24. The fourth-order valence-electron chi connectivity index (χ4n) is 1.86. The first-order chi connectivity index (χ1) is 10.6. The van der Waals surface area contributed by atoms with Crippen molar-refractivity contribution < 1.29 is 22.0 Å². The number of sulfonamides is 1. The zero-order valence-electron chi connectivity index (χ0n) is 13.3. The van der Waals surface area contributed by atoms with Crippen LogP contribution in [0.4, 0.5) is 14.5 Å². The van der Waals surface area contributed by atoms with Crippen LogP contribution < -0.4 is 9.62 Å². The average Bonchev–Trinajstić information content (AvgIpc) is 2.39. The molecule has 0 saturated carbocycles. The van der Waals surface area contributed by atoms with E-state index in [1.165, 1.54) is 0 Å².